The van der Waals surface area contributed by atoms with Gasteiger partial charge in [-0.15, -0.1) is 0 Å². The van der Waals surface area contributed by atoms with Gasteiger partial charge in [0, 0.05) is 12.5 Å². The van der Waals surface area contributed by atoms with Crippen LogP contribution >= 0.6 is 0 Å². The zero-order valence-corrected chi connectivity index (χ0v) is 10.2. The Morgan fingerprint density at radius 2 is 1.94 bits per heavy atom. The van der Waals surface area contributed by atoms with Gasteiger partial charge in [-0.3, -0.25) is 0 Å². The van der Waals surface area contributed by atoms with E-state index in [9.17, 15) is 13.2 Å². The van der Waals surface area contributed by atoms with Crippen LogP contribution < -0.4 is 5.32 Å². The molecule has 0 amide bonds. The molecule has 0 saturated heterocycles. The molecule has 0 aromatic rings. The molecular formula is C12H22F3N. The lowest BCUT2D eigenvalue weighted by atomic mass is 9.92. The topological polar surface area (TPSA) is 12.0 Å². The number of rotatable bonds is 5. The van der Waals surface area contributed by atoms with Crippen molar-refractivity contribution >= 4 is 0 Å². The van der Waals surface area contributed by atoms with Gasteiger partial charge in [0.05, 0.1) is 0 Å². The maximum atomic E-state index is 11.9. The summed E-state index contributed by atoms with van der Waals surface area (Å²) in [7, 11) is 0. The Morgan fingerprint density at radius 1 is 1.25 bits per heavy atom. The number of hydrogen-bond acceptors (Lipinski definition) is 1. The molecule has 0 heterocycles. The molecule has 1 atom stereocenters. The molecule has 1 aliphatic rings. The minimum absolute atomic E-state index is 0.243. The van der Waals surface area contributed by atoms with Crippen molar-refractivity contribution in [3.63, 3.8) is 0 Å². The van der Waals surface area contributed by atoms with E-state index in [1.54, 1.807) is 0 Å². The van der Waals surface area contributed by atoms with Crippen molar-refractivity contribution in [3.8, 4) is 0 Å². The van der Waals surface area contributed by atoms with Crippen LogP contribution in [0.1, 0.15) is 52.4 Å². The Kier molecular flexibility index (Phi) is 4.65. The average Bonchev–Trinajstić information content (AvgIpc) is 2.43. The van der Waals surface area contributed by atoms with Gasteiger partial charge in [0.25, 0.3) is 0 Å². The molecule has 96 valence electrons. The number of halogens is 3. The Bertz CT molecular complexity index is 211. The van der Waals surface area contributed by atoms with Crippen LogP contribution in [0.3, 0.4) is 0 Å². The molecular weight excluding hydrogens is 215 g/mol. The lowest BCUT2D eigenvalue weighted by molar-refractivity contribution is -0.135. The summed E-state index contributed by atoms with van der Waals surface area (Å²) in [6.45, 7) is 5.22. The first-order valence-electron chi connectivity index (χ1n) is 6.09. The molecule has 0 bridgehead atoms. The molecule has 4 heteroatoms. The number of unbranched alkanes of at least 4 members (excludes halogenated alkanes) is 1. The predicted molar refractivity (Wildman–Crippen MR) is 59.3 cm³/mol. The third kappa shape index (κ3) is 5.73. The lowest BCUT2D eigenvalue weighted by Crippen LogP contribution is -2.28. The minimum atomic E-state index is -3.99. The van der Waals surface area contributed by atoms with Crippen LogP contribution in [0, 0.1) is 5.41 Å². The van der Waals surface area contributed by atoms with Crippen LogP contribution in [0.15, 0.2) is 0 Å². The first-order chi connectivity index (χ1) is 7.29. The fraction of sp³-hybridized carbons (Fsp3) is 1.00. The smallest absolute Gasteiger partial charge is 0.314 e. The van der Waals surface area contributed by atoms with Gasteiger partial charge in [-0.25, -0.2) is 0 Å². The minimum Gasteiger partial charge on any atom is -0.314 e. The maximum Gasteiger partial charge on any atom is 0.389 e. The first kappa shape index (κ1) is 13.8. The second-order valence-electron chi connectivity index (χ2n) is 5.63. The van der Waals surface area contributed by atoms with Gasteiger partial charge in [-0.2, -0.15) is 13.2 Å². The highest BCUT2D eigenvalue weighted by molar-refractivity contribution is 4.86. The molecule has 0 aliphatic heterocycles. The van der Waals surface area contributed by atoms with Crippen LogP contribution in [0.4, 0.5) is 13.2 Å². The predicted octanol–water partition coefficient (Wildman–Crippen LogP) is 3.89. The summed E-state index contributed by atoms with van der Waals surface area (Å²) in [4.78, 5) is 0. The molecule has 0 aromatic carbocycles. The highest BCUT2D eigenvalue weighted by atomic mass is 19.4. The van der Waals surface area contributed by atoms with E-state index in [2.05, 4.69) is 19.2 Å². The Balaban J connectivity index is 2.00. The van der Waals surface area contributed by atoms with E-state index < -0.39 is 12.6 Å². The van der Waals surface area contributed by atoms with Crippen LogP contribution in [-0.4, -0.2) is 18.8 Å². The summed E-state index contributed by atoms with van der Waals surface area (Å²) in [6, 6.07) is 0.515. The number of hydrogen-bond donors (Lipinski definition) is 1. The fourth-order valence-electron chi connectivity index (χ4n) is 2.37. The van der Waals surface area contributed by atoms with Gasteiger partial charge < -0.3 is 5.32 Å². The molecule has 0 aromatic heterocycles. The SMILES string of the molecule is CC1(C)CCC(NCCCCC(F)(F)F)C1. The van der Waals surface area contributed by atoms with E-state index in [1.807, 2.05) is 0 Å². The summed E-state index contributed by atoms with van der Waals surface area (Å²) in [6.07, 6.45) is -0.255. The Morgan fingerprint density at radius 3 is 2.44 bits per heavy atom. The molecule has 1 fully saturated rings. The van der Waals surface area contributed by atoms with E-state index in [1.165, 1.54) is 6.42 Å². The molecule has 16 heavy (non-hydrogen) atoms. The van der Waals surface area contributed by atoms with Gasteiger partial charge >= 0.3 is 6.18 Å². The molecule has 1 unspecified atom stereocenters. The standard InChI is InChI=1S/C12H22F3N/c1-11(2)7-5-10(9-11)16-8-4-3-6-12(13,14)15/h10,16H,3-9H2,1-2H3. The molecule has 1 aliphatic carbocycles. The van der Waals surface area contributed by atoms with Crippen molar-refractivity contribution in [2.24, 2.45) is 5.41 Å². The molecule has 0 spiro atoms. The third-order valence-corrected chi connectivity index (χ3v) is 3.29. The van der Waals surface area contributed by atoms with Gasteiger partial charge in [-0.1, -0.05) is 13.8 Å². The van der Waals surface area contributed by atoms with Gasteiger partial charge in [0.15, 0.2) is 0 Å². The van der Waals surface area contributed by atoms with Gasteiger partial charge in [0.2, 0.25) is 0 Å². The highest BCUT2D eigenvalue weighted by Gasteiger charge is 2.30. The van der Waals surface area contributed by atoms with E-state index in [-0.39, 0.29) is 6.42 Å². The quantitative estimate of drug-likeness (QED) is 0.715. The number of nitrogens with one attached hydrogen (secondary N) is 1. The Hall–Kier alpha value is -0.250. The van der Waals surface area contributed by atoms with E-state index in [0.29, 0.717) is 17.9 Å². The highest BCUT2D eigenvalue weighted by Crippen LogP contribution is 2.36. The average molecular weight is 237 g/mol. The third-order valence-electron chi connectivity index (χ3n) is 3.29. The second-order valence-corrected chi connectivity index (χ2v) is 5.63. The fourth-order valence-corrected chi connectivity index (χ4v) is 2.37. The van der Waals surface area contributed by atoms with Crippen molar-refractivity contribution < 1.29 is 13.2 Å². The molecule has 0 radical (unpaired) electrons. The lowest BCUT2D eigenvalue weighted by Gasteiger charge is -2.17. The van der Waals surface area contributed by atoms with Crippen LogP contribution in [0.5, 0.6) is 0 Å². The van der Waals surface area contributed by atoms with Gasteiger partial charge in [0.1, 0.15) is 0 Å². The second kappa shape index (κ2) is 5.39. The van der Waals surface area contributed by atoms with E-state index in [0.717, 1.165) is 19.4 Å². The Labute approximate surface area is 95.8 Å². The van der Waals surface area contributed by atoms with Crippen molar-refractivity contribution in [2.45, 2.75) is 64.6 Å². The largest absolute Gasteiger partial charge is 0.389 e. The van der Waals surface area contributed by atoms with Crippen molar-refractivity contribution in [3.05, 3.63) is 0 Å². The van der Waals surface area contributed by atoms with E-state index in [4.69, 9.17) is 0 Å². The zero-order chi connectivity index (χ0) is 12.2. The number of alkyl halides is 3. The molecule has 1 nitrogen and oxygen atoms in total. The molecule has 1 N–H and O–H groups in total. The first-order valence-corrected chi connectivity index (χ1v) is 6.09. The van der Waals surface area contributed by atoms with Gasteiger partial charge in [-0.05, 0) is 44.1 Å². The monoisotopic (exact) mass is 237 g/mol. The summed E-state index contributed by atoms with van der Waals surface area (Å²) >= 11 is 0. The zero-order valence-electron chi connectivity index (χ0n) is 10.2. The normalized spacial score (nSPS) is 24.9. The van der Waals surface area contributed by atoms with Crippen LogP contribution in [0.2, 0.25) is 0 Å². The maximum absolute atomic E-state index is 11.9. The summed E-state index contributed by atoms with van der Waals surface area (Å²) in [5.74, 6) is 0. The van der Waals surface area contributed by atoms with Crippen LogP contribution in [-0.2, 0) is 0 Å². The summed E-state index contributed by atoms with van der Waals surface area (Å²) < 4.78 is 35.6. The molecule has 1 rings (SSSR count). The summed E-state index contributed by atoms with van der Waals surface area (Å²) in [5, 5.41) is 3.36. The van der Waals surface area contributed by atoms with E-state index >= 15 is 0 Å². The van der Waals surface area contributed by atoms with Crippen molar-refractivity contribution in [1.29, 1.82) is 0 Å². The van der Waals surface area contributed by atoms with Crippen molar-refractivity contribution in [1.82, 2.24) is 5.32 Å². The van der Waals surface area contributed by atoms with Crippen LogP contribution in [0.25, 0.3) is 0 Å². The summed E-state index contributed by atoms with van der Waals surface area (Å²) in [5.41, 5.74) is 0.406. The van der Waals surface area contributed by atoms with Crippen molar-refractivity contribution in [2.75, 3.05) is 6.54 Å². The molecule has 1 saturated carbocycles.